The van der Waals surface area contributed by atoms with Gasteiger partial charge in [-0.2, -0.15) is 0 Å². The lowest BCUT2D eigenvalue weighted by atomic mass is 10.1. The molecule has 0 unspecified atom stereocenters. The van der Waals surface area contributed by atoms with Crippen LogP contribution in [0.3, 0.4) is 0 Å². The molecule has 0 amide bonds. The Bertz CT molecular complexity index is 699. The van der Waals surface area contributed by atoms with E-state index in [1.807, 2.05) is 24.3 Å². The first kappa shape index (κ1) is 14.7. The van der Waals surface area contributed by atoms with Crippen LogP contribution < -0.4 is 0 Å². The molecular formula is C13H11ClINO2S. The van der Waals surface area contributed by atoms with E-state index in [1.54, 1.807) is 19.2 Å². The summed E-state index contributed by atoms with van der Waals surface area (Å²) in [6.45, 7) is 1.59. The van der Waals surface area contributed by atoms with E-state index in [9.17, 15) is 8.42 Å². The zero-order valence-corrected chi connectivity index (χ0v) is 13.8. The van der Waals surface area contributed by atoms with Crippen LogP contribution in [0.2, 0.25) is 5.15 Å². The van der Waals surface area contributed by atoms with Gasteiger partial charge in [0.05, 0.1) is 5.75 Å². The number of rotatable bonds is 3. The van der Waals surface area contributed by atoms with E-state index in [2.05, 4.69) is 27.6 Å². The SMILES string of the molecule is CCS(=O)(=O)c1cc(-c2ccc(I)cc2)cnc1Cl. The van der Waals surface area contributed by atoms with Crippen LogP contribution in [0.5, 0.6) is 0 Å². The summed E-state index contributed by atoms with van der Waals surface area (Å²) < 4.78 is 25.0. The van der Waals surface area contributed by atoms with E-state index in [4.69, 9.17) is 11.6 Å². The molecule has 0 saturated heterocycles. The smallest absolute Gasteiger partial charge is 0.181 e. The van der Waals surface area contributed by atoms with Gasteiger partial charge < -0.3 is 0 Å². The third-order valence-electron chi connectivity index (χ3n) is 2.70. The number of hydrogen-bond acceptors (Lipinski definition) is 3. The van der Waals surface area contributed by atoms with Crippen molar-refractivity contribution in [3.05, 3.63) is 45.3 Å². The topological polar surface area (TPSA) is 47.0 Å². The van der Waals surface area contributed by atoms with E-state index in [1.165, 1.54) is 0 Å². The monoisotopic (exact) mass is 407 g/mol. The van der Waals surface area contributed by atoms with Gasteiger partial charge in [0, 0.05) is 15.3 Å². The maximum Gasteiger partial charge on any atom is 0.181 e. The number of sulfone groups is 1. The fraction of sp³-hybridized carbons (Fsp3) is 0.154. The number of pyridine rings is 1. The molecule has 1 aromatic heterocycles. The van der Waals surface area contributed by atoms with Crippen molar-refractivity contribution < 1.29 is 8.42 Å². The maximum atomic E-state index is 11.9. The van der Waals surface area contributed by atoms with Gasteiger partial charge in [-0.05, 0) is 46.4 Å². The molecule has 0 bridgehead atoms. The zero-order chi connectivity index (χ0) is 14.0. The molecule has 19 heavy (non-hydrogen) atoms. The van der Waals surface area contributed by atoms with E-state index in [0.717, 1.165) is 14.7 Å². The molecule has 0 aliphatic rings. The second-order valence-electron chi connectivity index (χ2n) is 3.92. The van der Waals surface area contributed by atoms with Gasteiger partial charge in [0.2, 0.25) is 0 Å². The number of halogens is 2. The minimum atomic E-state index is -3.36. The molecule has 0 fully saturated rings. The number of nitrogens with zero attached hydrogens (tertiary/aromatic N) is 1. The molecule has 0 atom stereocenters. The van der Waals surface area contributed by atoms with E-state index in [0.29, 0.717) is 0 Å². The van der Waals surface area contributed by atoms with Crippen LogP contribution in [0.15, 0.2) is 41.4 Å². The fourth-order valence-corrected chi connectivity index (χ4v) is 3.34. The Labute approximate surface area is 131 Å². The van der Waals surface area contributed by atoms with Crippen molar-refractivity contribution in [3.63, 3.8) is 0 Å². The zero-order valence-electron chi connectivity index (χ0n) is 10.1. The lowest BCUT2D eigenvalue weighted by Crippen LogP contribution is -2.05. The summed E-state index contributed by atoms with van der Waals surface area (Å²) in [7, 11) is -3.36. The molecule has 0 spiro atoms. The molecule has 0 saturated carbocycles. The van der Waals surface area contributed by atoms with Gasteiger partial charge in [-0.3, -0.25) is 0 Å². The first-order chi connectivity index (χ1) is 8.94. The van der Waals surface area contributed by atoms with Gasteiger partial charge in [-0.15, -0.1) is 0 Å². The predicted molar refractivity (Wildman–Crippen MR) is 85.1 cm³/mol. The molecule has 3 nitrogen and oxygen atoms in total. The summed E-state index contributed by atoms with van der Waals surface area (Å²) in [4.78, 5) is 4.07. The summed E-state index contributed by atoms with van der Waals surface area (Å²) in [6.07, 6.45) is 1.58. The maximum absolute atomic E-state index is 11.9. The fourth-order valence-electron chi connectivity index (χ4n) is 1.60. The molecule has 0 radical (unpaired) electrons. The summed E-state index contributed by atoms with van der Waals surface area (Å²) >= 11 is 8.09. The first-order valence-corrected chi connectivity index (χ1v) is 8.69. The predicted octanol–water partition coefficient (Wildman–Crippen LogP) is 3.80. The van der Waals surface area contributed by atoms with Crippen molar-refractivity contribution in [3.8, 4) is 11.1 Å². The van der Waals surface area contributed by atoms with Crippen molar-refractivity contribution in [2.75, 3.05) is 5.75 Å². The summed E-state index contributed by atoms with van der Waals surface area (Å²) in [5, 5.41) is 0.0242. The van der Waals surface area contributed by atoms with Gasteiger partial charge in [-0.25, -0.2) is 13.4 Å². The van der Waals surface area contributed by atoms with Crippen LogP contribution in [0.25, 0.3) is 11.1 Å². The van der Waals surface area contributed by atoms with E-state index in [-0.39, 0.29) is 15.8 Å². The Morgan fingerprint density at radius 3 is 2.42 bits per heavy atom. The lowest BCUT2D eigenvalue weighted by Gasteiger charge is -2.07. The molecule has 2 rings (SSSR count). The third-order valence-corrected chi connectivity index (χ3v) is 5.57. The highest BCUT2D eigenvalue weighted by molar-refractivity contribution is 14.1. The average molecular weight is 408 g/mol. The molecule has 0 N–H and O–H groups in total. The number of hydrogen-bond donors (Lipinski definition) is 0. The molecule has 0 aliphatic carbocycles. The van der Waals surface area contributed by atoms with Crippen molar-refractivity contribution in [1.29, 1.82) is 0 Å². The van der Waals surface area contributed by atoms with Crippen molar-refractivity contribution in [1.82, 2.24) is 4.98 Å². The van der Waals surface area contributed by atoms with Crippen LogP contribution in [0.1, 0.15) is 6.92 Å². The minimum Gasteiger partial charge on any atom is -0.243 e. The first-order valence-electron chi connectivity index (χ1n) is 5.58. The van der Waals surface area contributed by atoms with Crippen LogP contribution in [0, 0.1) is 3.57 Å². The Morgan fingerprint density at radius 2 is 1.84 bits per heavy atom. The molecule has 1 aromatic carbocycles. The molecule has 6 heteroatoms. The van der Waals surface area contributed by atoms with E-state index >= 15 is 0 Å². The van der Waals surface area contributed by atoms with Gasteiger partial charge in [0.25, 0.3) is 0 Å². The van der Waals surface area contributed by atoms with Gasteiger partial charge >= 0.3 is 0 Å². The van der Waals surface area contributed by atoms with Gasteiger partial charge in [0.15, 0.2) is 9.84 Å². The largest absolute Gasteiger partial charge is 0.243 e. The highest BCUT2D eigenvalue weighted by Gasteiger charge is 2.17. The average Bonchev–Trinajstić information content (AvgIpc) is 2.40. The number of benzene rings is 1. The van der Waals surface area contributed by atoms with Crippen molar-refractivity contribution in [2.24, 2.45) is 0 Å². The minimum absolute atomic E-state index is 0.00451. The summed E-state index contributed by atoms with van der Waals surface area (Å²) in [6, 6.07) is 9.34. The van der Waals surface area contributed by atoms with Crippen molar-refractivity contribution >= 4 is 44.0 Å². The van der Waals surface area contributed by atoms with Crippen LogP contribution >= 0.6 is 34.2 Å². The molecule has 1 heterocycles. The third kappa shape index (κ3) is 3.27. The Balaban J connectivity index is 2.56. The second-order valence-corrected chi connectivity index (χ2v) is 7.77. The van der Waals surface area contributed by atoms with Crippen LogP contribution in [-0.2, 0) is 9.84 Å². The van der Waals surface area contributed by atoms with Crippen LogP contribution in [-0.4, -0.2) is 19.2 Å². The van der Waals surface area contributed by atoms with Crippen LogP contribution in [0.4, 0.5) is 0 Å². The summed E-state index contributed by atoms with van der Waals surface area (Å²) in [5.41, 5.74) is 1.66. The highest BCUT2D eigenvalue weighted by Crippen LogP contribution is 2.27. The Morgan fingerprint density at radius 1 is 1.21 bits per heavy atom. The Kier molecular flexibility index (Phi) is 4.47. The Hall–Kier alpha value is -0.660. The summed E-state index contributed by atoms with van der Waals surface area (Å²) in [5.74, 6) is 0.00451. The molecule has 2 aromatic rings. The standard InChI is InChI=1S/C13H11ClINO2S/c1-2-19(17,18)12-7-10(8-16-13(12)14)9-3-5-11(15)6-4-9/h3-8H,2H2,1H3. The van der Waals surface area contributed by atoms with E-state index < -0.39 is 9.84 Å². The highest BCUT2D eigenvalue weighted by atomic mass is 127. The molecule has 100 valence electrons. The molecule has 0 aliphatic heterocycles. The normalized spacial score (nSPS) is 11.5. The van der Waals surface area contributed by atoms with Gasteiger partial charge in [0.1, 0.15) is 10.0 Å². The number of aromatic nitrogens is 1. The quantitative estimate of drug-likeness (QED) is 0.574. The van der Waals surface area contributed by atoms with Gasteiger partial charge in [-0.1, -0.05) is 30.7 Å². The molecular weight excluding hydrogens is 397 g/mol. The van der Waals surface area contributed by atoms with Crippen molar-refractivity contribution in [2.45, 2.75) is 11.8 Å². The second kappa shape index (κ2) is 5.76. The lowest BCUT2D eigenvalue weighted by molar-refractivity contribution is 0.597.